The summed E-state index contributed by atoms with van der Waals surface area (Å²) in [4.78, 5) is 2.48. The molecule has 0 saturated carbocycles. The van der Waals surface area contributed by atoms with Gasteiger partial charge in [-0.05, 0) is 58.8 Å². The van der Waals surface area contributed by atoms with Gasteiger partial charge in [-0.2, -0.15) is 0 Å². The molecule has 1 saturated heterocycles. The van der Waals surface area contributed by atoms with Crippen LogP contribution >= 0.6 is 0 Å². The van der Waals surface area contributed by atoms with E-state index in [9.17, 15) is 0 Å². The van der Waals surface area contributed by atoms with Crippen LogP contribution in [0.5, 0.6) is 0 Å². The minimum absolute atomic E-state index is 0.982. The predicted octanol–water partition coefficient (Wildman–Crippen LogP) is 1.72. The molecule has 78 valence electrons. The topological polar surface area (TPSA) is 15.3 Å². The Balaban J connectivity index is 2.00. The summed E-state index contributed by atoms with van der Waals surface area (Å²) in [6.45, 7) is 3.83. The number of rotatable bonds is 5. The van der Waals surface area contributed by atoms with Crippen LogP contribution in [0.3, 0.4) is 0 Å². The molecule has 1 rings (SSSR count). The number of unbranched alkanes of at least 4 members (excludes halogenated alkanes) is 1. The molecule has 2 nitrogen and oxygen atoms in total. The largest absolute Gasteiger partial charge is 0.320 e. The van der Waals surface area contributed by atoms with Crippen LogP contribution in [-0.2, 0) is 0 Å². The van der Waals surface area contributed by atoms with Gasteiger partial charge in [0.15, 0.2) is 0 Å². The normalized spacial score (nSPS) is 24.9. The van der Waals surface area contributed by atoms with Crippen molar-refractivity contribution in [1.82, 2.24) is 10.2 Å². The molecule has 1 unspecified atom stereocenters. The van der Waals surface area contributed by atoms with Gasteiger partial charge in [0.1, 0.15) is 0 Å². The van der Waals surface area contributed by atoms with E-state index in [-0.39, 0.29) is 0 Å². The molecule has 0 aromatic heterocycles. The number of nitrogens with zero attached hydrogens (tertiary/aromatic N) is 1. The van der Waals surface area contributed by atoms with Crippen LogP contribution in [0.4, 0.5) is 0 Å². The lowest BCUT2D eigenvalue weighted by Gasteiger charge is -2.29. The first-order valence-electron chi connectivity index (χ1n) is 5.66. The van der Waals surface area contributed by atoms with E-state index in [1.807, 2.05) is 7.05 Å². The van der Waals surface area contributed by atoms with Crippen molar-refractivity contribution in [3.8, 4) is 0 Å². The lowest BCUT2D eigenvalue weighted by molar-refractivity contribution is 0.199. The van der Waals surface area contributed by atoms with E-state index in [1.54, 1.807) is 0 Å². The second kappa shape index (κ2) is 6.39. The Morgan fingerprint density at radius 3 is 2.92 bits per heavy atom. The molecule has 1 N–H and O–H groups in total. The highest BCUT2D eigenvalue weighted by Crippen LogP contribution is 2.20. The van der Waals surface area contributed by atoms with Crippen molar-refractivity contribution < 1.29 is 0 Å². The second-order valence-electron chi connectivity index (χ2n) is 4.37. The Labute approximate surface area is 82.7 Å². The van der Waals surface area contributed by atoms with Gasteiger partial charge in [-0.15, -0.1) is 0 Å². The van der Waals surface area contributed by atoms with Crippen molar-refractivity contribution >= 4 is 0 Å². The highest BCUT2D eigenvalue weighted by Gasteiger charge is 2.15. The van der Waals surface area contributed by atoms with Crippen LogP contribution < -0.4 is 5.32 Å². The van der Waals surface area contributed by atoms with Gasteiger partial charge in [0.05, 0.1) is 0 Å². The highest BCUT2D eigenvalue weighted by molar-refractivity contribution is 4.70. The molecular weight excluding hydrogens is 160 g/mol. The molecule has 0 aromatic rings. The van der Waals surface area contributed by atoms with E-state index in [2.05, 4.69) is 17.3 Å². The standard InChI is InChI=1S/C11H24N2/c1-12-8-4-3-6-11-7-5-9-13(2)10-11/h11-12H,3-10H2,1-2H3. The number of hydrogen-bond donors (Lipinski definition) is 1. The van der Waals surface area contributed by atoms with Crippen molar-refractivity contribution in [2.24, 2.45) is 5.92 Å². The van der Waals surface area contributed by atoms with Crippen molar-refractivity contribution in [3.05, 3.63) is 0 Å². The zero-order valence-electron chi connectivity index (χ0n) is 9.18. The summed E-state index contributed by atoms with van der Waals surface area (Å²) in [5, 5.41) is 3.20. The molecule has 13 heavy (non-hydrogen) atoms. The van der Waals surface area contributed by atoms with E-state index in [4.69, 9.17) is 0 Å². The Hall–Kier alpha value is -0.0800. The Morgan fingerprint density at radius 1 is 1.38 bits per heavy atom. The molecule has 1 heterocycles. The van der Waals surface area contributed by atoms with Crippen molar-refractivity contribution in [3.63, 3.8) is 0 Å². The highest BCUT2D eigenvalue weighted by atomic mass is 15.1. The third-order valence-electron chi connectivity index (χ3n) is 3.01. The summed E-state index contributed by atoms with van der Waals surface area (Å²) in [6.07, 6.45) is 7.05. The molecular formula is C11H24N2. The molecule has 1 aliphatic heterocycles. The zero-order valence-corrected chi connectivity index (χ0v) is 9.18. The number of likely N-dealkylation sites (tertiary alicyclic amines) is 1. The molecule has 0 aromatic carbocycles. The number of nitrogens with one attached hydrogen (secondary N) is 1. The van der Waals surface area contributed by atoms with E-state index in [1.165, 1.54) is 51.7 Å². The lowest BCUT2D eigenvalue weighted by atomic mass is 9.93. The van der Waals surface area contributed by atoms with E-state index in [0.29, 0.717) is 0 Å². The zero-order chi connectivity index (χ0) is 9.52. The van der Waals surface area contributed by atoms with Crippen LogP contribution in [0.2, 0.25) is 0 Å². The fraction of sp³-hybridized carbons (Fsp3) is 1.00. The maximum absolute atomic E-state index is 3.20. The fourth-order valence-electron chi connectivity index (χ4n) is 2.24. The van der Waals surface area contributed by atoms with Gasteiger partial charge in [0, 0.05) is 6.54 Å². The maximum Gasteiger partial charge on any atom is 0.000661 e. The summed E-state index contributed by atoms with van der Waals surface area (Å²) < 4.78 is 0. The van der Waals surface area contributed by atoms with Crippen molar-refractivity contribution in [1.29, 1.82) is 0 Å². The van der Waals surface area contributed by atoms with Crippen LogP contribution in [-0.4, -0.2) is 38.6 Å². The number of hydrogen-bond acceptors (Lipinski definition) is 2. The van der Waals surface area contributed by atoms with Gasteiger partial charge in [0.25, 0.3) is 0 Å². The number of piperidine rings is 1. The molecule has 0 spiro atoms. The molecule has 1 atom stereocenters. The minimum atomic E-state index is 0.982. The van der Waals surface area contributed by atoms with E-state index < -0.39 is 0 Å². The average molecular weight is 184 g/mol. The monoisotopic (exact) mass is 184 g/mol. The summed E-state index contributed by atoms with van der Waals surface area (Å²) in [6, 6.07) is 0. The summed E-state index contributed by atoms with van der Waals surface area (Å²) in [7, 11) is 4.29. The summed E-state index contributed by atoms with van der Waals surface area (Å²) in [5.74, 6) is 0.982. The van der Waals surface area contributed by atoms with Gasteiger partial charge < -0.3 is 10.2 Å². The molecule has 2 heteroatoms. The van der Waals surface area contributed by atoms with Crippen LogP contribution in [0.15, 0.2) is 0 Å². The molecule has 0 radical (unpaired) electrons. The summed E-state index contributed by atoms with van der Waals surface area (Å²) in [5.41, 5.74) is 0. The van der Waals surface area contributed by atoms with Crippen LogP contribution in [0.25, 0.3) is 0 Å². The lowest BCUT2D eigenvalue weighted by Crippen LogP contribution is -2.32. The second-order valence-corrected chi connectivity index (χ2v) is 4.37. The molecule has 0 bridgehead atoms. The van der Waals surface area contributed by atoms with E-state index >= 15 is 0 Å². The van der Waals surface area contributed by atoms with Gasteiger partial charge in [0.2, 0.25) is 0 Å². The maximum atomic E-state index is 3.20. The predicted molar refractivity (Wildman–Crippen MR) is 58.0 cm³/mol. The van der Waals surface area contributed by atoms with Gasteiger partial charge in [-0.25, -0.2) is 0 Å². The van der Waals surface area contributed by atoms with Crippen molar-refractivity contribution in [2.45, 2.75) is 32.1 Å². The Morgan fingerprint density at radius 2 is 2.23 bits per heavy atom. The Kier molecular flexibility index (Phi) is 5.40. The third kappa shape index (κ3) is 4.63. The van der Waals surface area contributed by atoms with E-state index in [0.717, 1.165) is 5.92 Å². The molecule has 0 amide bonds. The molecule has 1 aliphatic rings. The van der Waals surface area contributed by atoms with Gasteiger partial charge >= 0.3 is 0 Å². The Bertz CT molecular complexity index is 125. The molecule has 1 fully saturated rings. The smallest absolute Gasteiger partial charge is 0.000661 e. The minimum Gasteiger partial charge on any atom is -0.320 e. The first-order chi connectivity index (χ1) is 6.33. The first kappa shape index (κ1) is 11.0. The molecule has 0 aliphatic carbocycles. The fourth-order valence-corrected chi connectivity index (χ4v) is 2.24. The summed E-state index contributed by atoms with van der Waals surface area (Å²) >= 11 is 0. The first-order valence-corrected chi connectivity index (χ1v) is 5.66. The van der Waals surface area contributed by atoms with Crippen LogP contribution in [0.1, 0.15) is 32.1 Å². The SMILES string of the molecule is CNCCCCC1CCCN(C)C1. The van der Waals surface area contributed by atoms with Gasteiger partial charge in [-0.3, -0.25) is 0 Å². The average Bonchev–Trinajstić information content (AvgIpc) is 2.13. The quantitative estimate of drug-likeness (QED) is 0.654. The third-order valence-corrected chi connectivity index (χ3v) is 3.01. The van der Waals surface area contributed by atoms with Crippen molar-refractivity contribution in [2.75, 3.05) is 33.7 Å². The van der Waals surface area contributed by atoms with Crippen LogP contribution in [0, 0.1) is 5.92 Å². The van der Waals surface area contributed by atoms with Gasteiger partial charge in [-0.1, -0.05) is 6.42 Å².